The molecule has 1 rings (SSSR count). The van der Waals surface area contributed by atoms with Crippen LogP contribution >= 0.6 is 0 Å². The number of hydrogen-bond donors (Lipinski definition) is 1. The number of carbonyl (C=O) groups is 2. The maximum atomic E-state index is 11.9. The minimum absolute atomic E-state index is 0.0618. The number of likely N-dealkylation sites (tertiary alicyclic amines) is 1. The number of nitrogens with zero attached hydrogens (tertiary/aromatic N) is 1. The van der Waals surface area contributed by atoms with Crippen molar-refractivity contribution in [1.82, 2.24) is 10.2 Å². The van der Waals surface area contributed by atoms with Crippen molar-refractivity contribution in [3.05, 3.63) is 0 Å². The third-order valence-corrected chi connectivity index (χ3v) is 2.93. The van der Waals surface area contributed by atoms with E-state index in [4.69, 9.17) is 4.74 Å². The molecule has 0 aromatic heterocycles. The molecule has 1 aliphatic heterocycles. The monoisotopic (exact) mass is 242 g/mol. The first-order valence-corrected chi connectivity index (χ1v) is 6.19. The van der Waals surface area contributed by atoms with E-state index in [0.717, 1.165) is 12.8 Å². The minimum atomic E-state index is -0.346. The van der Waals surface area contributed by atoms with Gasteiger partial charge in [0, 0.05) is 26.3 Å². The Balaban J connectivity index is 2.45. The van der Waals surface area contributed by atoms with Crippen molar-refractivity contribution in [1.29, 1.82) is 0 Å². The molecule has 1 fully saturated rings. The molecular weight excluding hydrogens is 220 g/mol. The molecule has 2 atom stereocenters. The van der Waals surface area contributed by atoms with Crippen molar-refractivity contribution in [3.63, 3.8) is 0 Å². The Morgan fingerprint density at radius 1 is 1.53 bits per heavy atom. The third kappa shape index (κ3) is 3.78. The van der Waals surface area contributed by atoms with Crippen LogP contribution in [-0.4, -0.2) is 49.1 Å². The number of ether oxygens (including phenoxy) is 1. The van der Waals surface area contributed by atoms with Gasteiger partial charge in [0.25, 0.3) is 0 Å². The summed E-state index contributed by atoms with van der Waals surface area (Å²) in [6, 6.07) is -0.167. The third-order valence-electron chi connectivity index (χ3n) is 2.93. The Bertz CT molecular complexity index is 281. The second kappa shape index (κ2) is 6.71. The first kappa shape index (κ1) is 14.1. The van der Waals surface area contributed by atoms with Gasteiger partial charge in [-0.25, -0.2) is 0 Å². The lowest BCUT2D eigenvalue weighted by atomic mass is 10.2. The summed E-state index contributed by atoms with van der Waals surface area (Å²) in [5.41, 5.74) is 0. The molecule has 0 aromatic rings. The Morgan fingerprint density at radius 3 is 2.82 bits per heavy atom. The van der Waals surface area contributed by atoms with Crippen LogP contribution in [0.2, 0.25) is 0 Å². The van der Waals surface area contributed by atoms with Crippen LogP contribution in [0.1, 0.15) is 33.1 Å². The minimum Gasteiger partial charge on any atom is -0.385 e. The number of carbonyl (C=O) groups excluding carboxylic acids is 2. The molecular formula is C12H22N2O3. The fourth-order valence-corrected chi connectivity index (χ4v) is 1.99. The molecule has 17 heavy (non-hydrogen) atoms. The van der Waals surface area contributed by atoms with Gasteiger partial charge >= 0.3 is 0 Å². The van der Waals surface area contributed by atoms with Gasteiger partial charge in [-0.2, -0.15) is 0 Å². The molecule has 98 valence electrons. The first-order valence-electron chi connectivity index (χ1n) is 6.19. The molecule has 0 aliphatic carbocycles. The van der Waals surface area contributed by atoms with Crippen LogP contribution in [-0.2, 0) is 14.3 Å². The van der Waals surface area contributed by atoms with Gasteiger partial charge in [0.05, 0.1) is 12.5 Å². The Hall–Kier alpha value is -0.940. The van der Waals surface area contributed by atoms with Crippen LogP contribution in [0.5, 0.6) is 0 Å². The maximum Gasteiger partial charge on any atom is 0.246 e. The first-order chi connectivity index (χ1) is 8.10. The summed E-state index contributed by atoms with van der Waals surface area (Å²) in [6.07, 6.45) is 1.93. The van der Waals surface area contributed by atoms with E-state index < -0.39 is 0 Å². The van der Waals surface area contributed by atoms with Crippen molar-refractivity contribution in [2.45, 2.75) is 45.2 Å². The van der Waals surface area contributed by atoms with Crippen LogP contribution in [0.4, 0.5) is 0 Å². The van der Waals surface area contributed by atoms with Gasteiger partial charge in [-0.05, 0) is 19.8 Å². The largest absolute Gasteiger partial charge is 0.385 e. The number of imide groups is 1. The van der Waals surface area contributed by atoms with E-state index in [1.165, 1.54) is 4.90 Å². The lowest BCUT2D eigenvalue weighted by molar-refractivity contribution is -0.138. The zero-order valence-electron chi connectivity index (χ0n) is 10.9. The fourth-order valence-electron chi connectivity index (χ4n) is 1.99. The molecule has 1 saturated heterocycles. The van der Waals surface area contributed by atoms with Crippen LogP contribution in [0.3, 0.4) is 0 Å². The van der Waals surface area contributed by atoms with Crippen molar-refractivity contribution in [3.8, 4) is 0 Å². The van der Waals surface area contributed by atoms with E-state index in [1.807, 2.05) is 13.8 Å². The lowest BCUT2D eigenvalue weighted by Crippen LogP contribution is -2.43. The predicted molar refractivity (Wildman–Crippen MR) is 64.5 cm³/mol. The number of nitrogens with one attached hydrogen (secondary N) is 1. The summed E-state index contributed by atoms with van der Waals surface area (Å²) in [6.45, 7) is 5.14. The molecule has 1 N–H and O–H groups in total. The molecule has 1 heterocycles. The smallest absolute Gasteiger partial charge is 0.246 e. The van der Waals surface area contributed by atoms with Gasteiger partial charge in [0.2, 0.25) is 11.8 Å². The van der Waals surface area contributed by atoms with E-state index in [0.29, 0.717) is 13.2 Å². The van der Waals surface area contributed by atoms with Crippen LogP contribution in [0.25, 0.3) is 0 Å². The van der Waals surface area contributed by atoms with Crippen LogP contribution in [0.15, 0.2) is 0 Å². The van der Waals surface area contributed by atoms with Gasteiger partial charge in [0.15, 0.2) is 0 Å². The van der Waals surface area contributed by atoms with Crippen molar-refractivity contribution < 1.29 is 14.3 Å². The highest BCUT2D eigenvalue weighted by Gasteiger charge is 2.38. The van der Waals surface area contributed by atoms with E-state index >= 15 is 0 Å². The standard InChI is InChI=1S/C12H22N2O3/c1-4-6-14-11(15)8-10(12(14)16)13-9(2)5-7-17-3/h9-10,13H,4-8H2,1-3H3. The van der Waals surface area contributed by atoms with E-state index in [-0.39, 0.29) is 30.3 Å². The lowest BCUT2D eigenvalue weighted by Gasteiger charge is -2.18. The molecule has 0 radical (unpaired) electrons. The molecule has 2 amide bonds. The Morgan fingerprint density at radius 2 is 2.24 bits per heavy atom. The molecule has 0 aromatic carbocycles. The summed E-state index contributed by atoms with van der Waals surface area (Å²) >= 11 is 0. The summed E-state index contributed by atoms with van der Waals surface area (Å²) in [5, 5.41) is 3.19. The summed E-state index contributed by atoms with van der Waals surface area (Å²) < 4.78 is 4.98. The topological polar surface area (TPSA) is 58.6 Å². The predicted octanol–water partition coefficient (Wildman–Crippen LogP) is 0.538. The molecule has 2 unspecified atom stereocenters. The van der Waals surface area contributed by atoms with Crippen LogP contribution in [0, 0.1) is 0 Å². The highest BCUT2D eigenvalue weighted by atomic mass is 16.5. The summed E-state index contributed by atoms with van der Waals surface area (Å²) in [5.74, 6) is -0.144. The van der Waals surface area contributed by atoms with Gasteiger partial charge < -0.3 is 10.1 Å². The normalized spacial score (nSPS) is 22.3. The van der Waals surface area contributed by atoms with Crippen molar-refractivity contribution in [2.24, 2.45) is 0 Å². The number of hydrogen-bond acceptors (Lipinski definition) is 4. The number of amides is 2. The Labute approximate surface area is 102 Å². The van der Waals surface area contributed by atoms with Crippen LogP contribution < -0.4 is 5.32 Å². The van der Waals surface area contributed by atoms with E-state index in [2.05, 4.69) is 5.32 Å². The molecule has 0 saturated carbocycles. The van der Waals surface area contributed by atoms with Crippen molar-refractivity contribution >= 4 is 11.8 Å². The molecule has 0 spiro atoms. The summed E-state index contributed by atoms with van der Waals surface area (Å²) in [7, 11) is 1.65. The Kier molecular flexibility index (Phi) is 5.58. The zero-order chi connectivity index (χ0) is 12.8. The molecule has 0 bridgehead atoms. The van der Waals surface area contributed by atoms with Crippen molar-refractivity contribution in [2.75, 3.05) is 20.3 Å². The zero-order valence-corrected chi connectivity index (χ0v) is 10.9. The van der Waals surface area contributed by atoms with Gasteiger partial charge in [-0.1, -0.05) is 6.92 Å². The average Bonchev–Trinajstić information content (AvgIpc) is 2.55. The second-order valence-electron chi connectivity index (χ2n) is 4.49. The molecule has 1 aliphatic rings. The summed E-state index contributed by atoms with van der Waals surface area (Å²) in [4.78, 5) is 24.9. The number of methoxy groups -OCH3 is 1. The second-order valence-corrected chi connectivity index (χ2v) is 4.49. The maximum absolute atomic E-state index is 11.9. The highest BCUT2D eigenvalue weighted by molar-refractivity contribution is 6.05. The van der Waals surface area contributed by atoms with Gasteiger partial charge in [-0.3, -0.25) is 14.5 Å². The quantitative estimate of drug-likeness (QED) is 0.662. The van der Waals surface area contributed by atoms with Gasteiger partial charge in [-0.15, -0.1) is 0 Å². The highest BCUT2D eigenvalue weighted by Crippen LogP contribution is 2.14. The van der Waals surface area contributed by atoms with Gasteiger partial charge in [0.1, 0.15) is 0 Å². The van der Waals surface area contributed by atoms with E-state index in [9.17, 15) is 9.59 Å². The molecule has 5 nitrogen and oxygen atoms in total. The SMILES string of the molecule is CCCN1C(=O)CC(NC(C)CCOC)C1=O. The van der Waals surface area contributed by atoms with E-state index in [1.54, 1.807) is 7.11 Å². The molecule has 5 heteroatoms. The fraction of sp³-hybridized carbons (Fsp3) is 0.833. The average molecular weight is 242 g/mol. The number of rotatable bonds is 7.